The molecule has 0 saturated heterocycles. The summed E-state index contributed by atoms with van der Waals surface area (Å²) < 4.78 is 4.58. The molecular formula is C9H9N5O3. The van der Waals surface area contributed by atoms with Crippen molar-refractivity contribution in [3.05, 3.63) is 30.3 Å². The van der Waals surface area contributed by atoms with Crippen LogP contribution in [0.15, 0.2) is 23.3 Å². The summed E-state index contributed by atoms with van der Waals surface area (Å²) in [6, 6.07) is 0. The topological polar surface area (TPSA) is 114 Å². The molecule has 0 aliphatic heterocycles. The van der Waals surface area contributed by atoms with Gasteiger partial charge < -0.3 is 14.9 Å². The highest BCUT2D eigenvalue weighted by Crippen LogP contribution is 2.01. The number of hydrogen-bond donors (Lipinski definition) is 2. The lowest BCUT2D eigenvalue weighted by atomic mass is 10.4. The van der Waals surface area contributed by atoms with Gasteiger partial charge in [0, 0.05) is 13.0 Å². The summed E-state index contributed by atoms with van der Waals surface area (Å²) in [6.45, 7) is 0.556. The van der Waals surface area contributed by atoms with Gasteiger partial charge in [-0.2, -0.15) is 4.98 Å². The van der Waals surface area contributed by atoms with Crippen molar-refractivity contribution < 1.29 is 14.4 Å². The highest BCUT2D eigenvalue weighted by atomic mass is 16.5. The zero-order chi connectivity index (χ0) is 12.1. The van der Waals surface area contributed by atoms with E-state index in [0.29, 0.717) is 24.6 Å². The predicted octanol–water partition coefficient (Wildman–Crippen LogP) is 0.212. The smallest absolute Gasteiger partial charge is 0.356 e. The van der Waals surface area contributed by atoms with Gasteiger partial charge in [-0.25, -0.2) is 14.8 Å². The summed E-state index contributed by atoms with van der Waals surface area (Å²) in [6.07, 6.45) is 4.40. The van der Waals surface area contributed by atoms with E-state index in [9.17, 15) is 4.79 Å². The van der Waals surface area contributed by atoms with Crippen molar-refractivity contribution in [1.82, 2.24) is 20.1 Å². The lowest BCUT2D eigenvalue weighted by molar-refractivity contribution is 0.0690. The predicted molar refractivity (Wildman–Crippen MR) is 55.5 cm³/mol. The normalized spacial score (nSPS) is 10.1. The molecule has 0 bridgehead atoms. The van der Waals surface area contributed by atoms with Crippen LogP contribution in [0.1, 0.15) is 16.3 Å². The lowest BCUT2D eigenvalue weighted by Gasteiger charge is -2.02. The zero-order valence-corrected chi connectivity index (χ0v) is 8.70. The van der Waals surface area contributed by atoms with Gasteiger partial charge >= 0.3 is 5.97 Å². The fourth-order valence-corrected chi connectivity index (χ4v) is 1.13. The van der Waals surface area contributed by atoms with Crippen LogP contribution >= 0.6 is 0 Å². The Hall–Kier alpha value is -2.51. The first-order chi connectivity index (χ1) is 8.25. The molecule has 8 heteroatoms. The Morgan fingerprint density at radius 3 is 2.82 bits per heavy atom. The number of nitrogens with zero attached hydrogens (tertiary/aromatic N) is 4. The van der Waals surface area contributed by atoms with Crippen molar-refractivity contribution in [3.8, 4) is 0 Å². The highest BCUT2D eigenvalue weighted by molar-refractivity contribution is 5.84. The van der Waals surface area contributed by atoms with Crippen molar-refractivity contribution in [2.24, 2.45) is 0 Å². The van der Waals surface area contributed by atoms with E-state index in [1.165, 1.54) is 18.8 Å². The van der Waals surface area contributed by atoms with E-state index in [2.05, 4.69) is 29.9 Å². The quantitative estimate of drug-likeness (QED) is 0.755. The Morgan fingerprint density at radius 2 is 2.24 bits per heavy atom. The first kappa shape index (κ1) is 11.0. The summed E-state index contributed by atoms with van der Waals surface area (Å²) in [5, 5.41) is 15.2. The van der Waals surface area contributed by atoms with Crippen LogP contribution in [0.2, 0.25) is 0 Å². The van der Waals surface area contributed by atoms with E-state index in [1.807, 2.05) is 0 Å². The van der Waals surface area contributed by atoms with Crippen LogP contribution in [-0.2, 0) is 6.42 Å². The third-order valence-electron chi connectivity index (χ3n) is 1.93. The third kappa shape index (κ3) is 2.97. The first-order valence-corrected chi connectivity index (χ1v) is 4.80. The lowest BCUT2D eigenvalue weighted by Crippen LogP contribution is -2.09. The standard InChI is InChI=1S/C9H9N5O3/c15-9(16)6-3-12-8(4-11-6)10-2-1-7-13-5-17-14-7/h3-5H,1-2H2,(H,10,12)(H,15,16). The van der Waals surface area contributed by atoms with Crippen LogP contribution in [0.5, 0.6) is 0 Å². The number of carbonyl (C=O) groups is 1. The summed E-state index contributed by atoms with van der Waals surface area (Å²) in [7, 11) is 0. The van der Waals surface area contributed by atoms with Gasteiger partial charge in [-0.3, -0.25) is 0 Å². The molecule has 8 nitrogen and oxygen atoms in total. The first-order valence-electron chi connectivity index (χ1n) is 4.80. The van der Waals surface area contributed by atoms with Crippen molar-refractivity contribution in [2.45, 2.75) is 6.42 Å². The molecule has 2 aromatic heterocycles. The second-order valence-electron chi connectivity index (χ2n) is 3.12. The molecule has 0 fully saturated rings. The van der Waals surface area contributed by atoms with Crippen LogP contribution in [0.3, 0.4) is 0 Å². The number of rotatable bonds is 5. The number of nitrogens with one attached hydrogen (secondary N) is 1. The van der Waals surface area contributed by atoms with E-state index in [1.54, 1.807) is 0 Å². The fourth-order valence-electron chi connectivity index (χ4n) is 1.13. The van der Waals surface area contributed by atoms with E-state index in [-0.39, 0.29) is 5.69 Å². The van der Waals surface area contributed by atoms with Crippen LogP contribution in [0.25, 0.3) is 0 Å². The summed E-state index contributed by atoms with van der Waals surface area (Å²) in [5.41, 5.74) is -0.0892. The van der Waals surface area contributed by atoms with Gasteiger partial charge in [-0.05, 0) is 0 Å². The van der Waals surface area contributed by atoms with Gasteiger partial charge in [0.15, 0.2) is 11.5 Å². The minimum atomic E-state index is -1.10. The van der Waals surface area contributed by atoms with Crippen LogP contribution < -0.4 is 5.32 Å². The third-order valence-corrected chi connectivity index (χ3v) is 1.93. The largest absolute Gasteiger partial charge is 0.476 e. The fraction of sp³-hybridized carbons (Fsp3) is 0.222. The molecular weight excluding hydrogens is 226 g/mol. The minimum absolute atomic E-state index is 0.0892. The van der Waals surface area contributed by atoms with Gasteiger partial charge in [0.1, 0.15) is 5.82 Å². The van der Waals surface area contributed by atoms with Gasteiger partial charge in [-0.15, -0.1) is 0 Å². The minimum Gasteiger partial charge on any atom is -0.476 e. The number of anilines is 1. The molecule has 0 radical (unpaired) electrons. The molecule has 0 atom stereocenters. The van der Waals surface area contributed by atoms with Crippen molar-refractivity contribution in [1.29, 1.82) is 0 Å². The molecule has 0 aliphatic carbocycles. The Kier molecular flexibility index (Phi) is 3.24. The number of aromatic carboxylic acids is 1. The Bertz CT molecular complexity index is 482. The van der Waals surface area contributed by atoms with Gasteiger partial charge in [0.05, 0.1) is 12.4 Å². The molecule has 0 unspecified atom stereocenters. The van der Waals surface area contributed by atoms with E-state index in [4.69, 9.17) is 5.11 Å². The Labute approximate surface area is 95.7 Å². The molecule has 2 rings (SSSR count). The average molecular weight is 235 g/mol. The maximum Gasteiger partial charge on any atom is 0.356 e. The monoisotopic (exact) mass is 235 g/mol. The maximum absolute atomic E-state index is 10.5. The maximum atomic E-state index is 10.5. The molecule has 0 saturated carbocycles. The number of hydrogen-bond acceptors (Lipinski definition) is 7. The van der Waals surface area contributed by atoms with Crippen LogP contribution in [0.4, 0.5) is 5.82 Å². The molecule has 2 heterocycles. The number of carboxylic acid groups (broad SMARTS) is 1. The van der Waals surface area contributed by atoms with Gasteiger partial charge in [-0.1, -0.05) is 5.16 Å². The molecule has 0 spiro atoms. The van der Waals surface area contributed by atoms with Crippen LogP contribution in [-0.4, -0.2) is 37.7 Å². The molecule has 0 aromatic carbocycles. The summed E-state index contributed by atoms with van der Waals surface area (Å²) >= 11 is 0. The molecule has 2 aromatic rings. The molecule has 88 valence electrons. The van der Waals surface area contributed by atoms with Gasteiger partial charge in [0.25, 0.3) is 0 Å². The molecule has 2 N–H and O–H groups in total. The summed E-state index contributed by atoms with van der Waals surface area (Å²) in [4.78, 5) is 22.0. The van der Waals surface area contributed by atoms with E-state index >= 15 is 0 Å². The number of aromatic nitrogens is 4. The van der Waals surface area contributed by atoms with Crippen molar-refractivity contribution in [2.75, 3.05) is 11.9 Å². The second-order valence-corrected chi connectivity index (χ2v) is 3.12. The van der Waals surface area contributed by atoms with Crippen LogP contribution in [0, 0.1) is 0 Å². The molecule has 0 amide bonds. The van der Waals surface area contributed by atoms with E-state index in [0.717, 1.165) is 0 Å². The van der Waals surface area contributed by atoms with Crippen molar-refractivity contribution >= 4 is 11.8 Å². The summed E-state index contributed by atoms with van der Waals surface area (Å²) in [5.74, 6) is -0.0121. The highest BCUT2D eigenvalue weighted by Gasteiger charge is 2.04. The second kappa shape index (κ2) is 5.01. The van der Waals surface area contributed by atoms with Gasteiger partial charge in [0.2, 0.25) is 6.39 Å². The SMILES string of the molecule is O=C(O)c1cnc(NCCc2ncon2)cn1. The number of carboxylic acids is 1. The van der Waals surface area contributed by atoms with Crippen molar-refractivity contribution in [3.63, 3.8) is 0 Å². The zero-order valence-electron chi connectivity index (χ0n) is 8.70. The molecule has 0 aliphatic rings. The Morgan fingerprint density at radius 1 is 1.35 bits per heavy atom. The Balaban J connectivity index is 1.85. The average Bonchev–Trinajstić information content (AvgIpc) is 2.83. The van der Waals surface area contributed by atoms with E-state index < -0.39 is 5.97 Å². The molecule has 17 heavy (non-hydrogen) atoms.